The Hall–Kier alpha value is -1.47. The van der Waals surface area contributed by atoms with E-state index in [4.69, 9.17) is 8.61 Å². The Bertz CT molecular complexity index is 832. The minimum Gasteiger partial charge on any atom is -0.404 e. The largest absolute Gasteiger partial charge is 0.404 e. The van der Waals surface area contributed by atoms with Crippen molar-refractivity contribution < 1.29 is 17.0 Å². The monoisotopic (exact) mass is 418 g/mol. The maximum Gasteiger partial charge on any atom is 0.265 e. The van der Waals surface area contributed by atoms with Crippen molar-refractivity contribution in [3.8, 4) is 0 Å². The van der Waals surface area contributed by atoms with Gasteiger partial charge in [-0.2, -0.15) is 8.42 Å². The second kappa shape index (κ2) is 8.11. The summed E-state index contributed by atoms with van der Waals surface area (Å²) < 4.78 is 36.6. The van der Waals surface area contributed by atoms with Gasteiger partial charge in [-0.3, -0.25) is 4.18 Å². The van der Waals surface area contributed by atoms with Gasteiger partial charge in [-0.25, -0.2) is 0 Å². The molecule has 1 fully saturated rings. The minimum atomic E-state index is -3.58. The lowest BCUT2D eigenvalue weighted by molar-refractivity contribution is -0.129. The molecule has 0 bridgehead atoms. The molecule has 152 valence electrons. The number of rotatable bonds is 7. The lowest BCUT2D eigenvalue weighted by Gasteiger charge is -2.51. The molecule has 0 radical (unpaired) electrons. The first kappa shape index (κ1) is 21.2. The highest BCUT2D eigenvalue weighted by Gasteiger charge is 2.53. The molecule has 2 aromatic carbocycles. The third-order valence-electron chi connectivity index (χ3n) is 5.26. The van der Waals surface area contributed by atoms with E-state index in [0.717, 1.165) is 12.7 Å². The van der Waals surface area contributed by atoms with Crippen LogP contribution in [0.4, 0.5) is 0 Å². The van der Waals surface area contributed by atoms with Crippen LogP contribution in [0, 0.1) is 5.41 Å². The Labute approximate surface area is 170 Å². The molecule has 3 rings (SSSR count). The maximum absolute atomic E-state index is 12.0. The second-order valence-corrected chi connectivity index (χ2v) is 12.7. The van der Waals surface area contributed by atoms with Crippen molar-refractivity contribution in [1.29, 1.82) is 0 Å². The van der Waals surface area contributed by atoms with Gasteiger partial charge in [0, 0.05) is 0 Å². The van der Waals surface area contributed by atoms with Gasteiger partial charge in [0.2, 0.25) is 9.04 Å². The van der Waals surface area contributed by atoms with Gasteiger partial charge in [0.1, 0.15) is 5.60 Å². The molecular formula is C22H30O4SSi. The average Bonchev–Trinajstić information content (AvgIpc) is 2.59. The third kappa shape index (κ3) is 4.92. The summed E-state index contributed by atoms with van der Waals surface area (Å²) in [6, 6.07) is 20.5. The molecule has 1 aliphatic carbocycles. The van der Waals surface area contributed by atoms with E-state index in [2.05, 4.69) is 45.0 Å². The molecular weight excluding hydrogens is 388 g/mol. The van der Waals surface area contributed by atoms with Gasteiger partial charge in [0.05, 0.1) is 12.4 Å². The SMILES string of the molecule is CC(C)(C)C(O[SiH](c1ccccc1)c1ccccc1)C1(OS(C)(=O)=O)CCC1. The highest BCUT2D eigenvalue weighted by Crippen LogP contribution is 2.47. The van der Waals surface area contributed by atoms with Crippen LogP contribution in [-0.4, -0.2) is 35.4 Å². The van der Waals surface area contributed by atoms with E-state index in [9.17, 15) is 8.42 Å². The lowest BCUT2D eigenvalue weighted by Crippen LogP contribution is -2.62. The topological polar surface area (TPSA) is 52.6 Å². The van der Waals surface area contributed by atoms with Crippen molar-refractivity contribution in [2.24, 2.45) is 5.41 Å². The molecule has 2 aromatic rings. The van der Waals surface area contributed by atoms with Gasteiger partial charge >= 0.3 is 0 Å². The first-order chi connectivity index (χ1) is 13.1. The van der Waals surface area contributed by atoms with E-state index in [1.165, 1.54) is 10.4 Å². The molecule has 1 saturated carbocycles. The Morgan fingerprint density at radius 1 is 0.929 bits per heavy atom. The van der Waals surface area contributed by atoms with Crippen molar-refractivity contribution in [3.05, 3.63) is 60.7 Å². The summed E-state index contributed by atoms with van der Waals surface area (Å²) in [6.45, 7) is 6.31. The molecule has 0 saturated heterocycles. The Kier molecular flexibility index (Phi) is 6.15. The Morgan fingerprint density at radius 3 is 1.71 bits per heavy atom. The first-order valence-corrected chi connectivity index (χ1v) is 13.2. The molecule has 0 N–H and O–H groups in total. The molecule has 4 nitrogen and oxygen atoms in total. The summed E-state index contributed by atoms with van der Waals surface area (Å²) in [5.74, 6) is 0. The summed E-state index contributed by atoms with van der Waals surface area (Å²) in [5, 5.41) is 2.36. The fourth-order valence-electron chi connectivity index (χ4n) is 4.07. The van der Waals surface area contributed by atoms with E-state index in [-0.39, 0.29) is 11.5 Å². The zero-order chi connectivity index (χ0) is 20.4. The molecule has 1 aliphatic rings. The molecule has 0 spiro atoms. The van der Waals surface area contributed by atoms with Crippen LogP contribution in [-0.2, 0) is 18.7 Å². The number of hydrogen-bond acceptors (Lipinski definition) is 4. The quantitative estimate of drug-likeness (QED) is 0.513. The van der Waals surface area contributed by atoms with Crippen molar-refractivity contribution in [2.45, 2.75) is 51.7 Å². The molecule has 1 atom stereocenters. The lowest BCUT2D eigenvalue weighted by atomic mass is 9.68. The Morgan fingerprint density at radius 2 is 1.39 bits per heavy atom. The van der Waals surface area contributed by atoms with Crippen LogP contribution in [0.25, 0.3) is 0 Å². The van der Waals surface area contributed by atoms with Crippen LogP contribution < -0.4 is 10.4 Å². The molecule has 1 unspecified atom stereocenters. The van der Waals surface area contributed by atoms with Crippen LogP contribution in [0.1, 0.15) is 40.0 Å². The molecule has 0 aromatic heterocycles. The molecule has 0 amide bonds. The van der Waals surface area contributed by atoms with Crippen molar-refractivity contribution in [2.75, 3.05) is 6.26 Å². The standard InChI is InChI=1S/C22H30O4SSi/c1-21(2,3)20(22(16-11-17-22)26-27(4,23)24)25-28(18-12-7-5-8-13-18)19-14-9-6-10-15-19/h5-10,12-15,20,28H,11,16-17H2,1-4H3. The fraction of sp³-hybridized carbons (Fsp3) is 0.455. The molecule has 28 heavy (non-hydrogen) atoms. The average molecular weight is 419 g/mol. The van der Waals surface area contributed by atoms with E-state index < -0.39 is 24.8 Å². The fourth-order valence-corrected chi connectivity index (χ4v) is 7.70. The normalized spacial score (nSPS) is 17.9. The summed E-state index contributed by atoms with van der Waals surface area (Å²) >= 11 is 0. The highest BCUT2D eigenvalue weighted by molar-refractivity contribution is 7.86. The predicted octanol–water partition coefficient (Wildman–Crippen LogP) is 2.85. The van der Waals surface area contributed by atoms with Gasteiger partial charge in [-0.1, -0.05) is 81.4 Å². The smallest absolute Gasteiger partial charge is 0.265 e. The van der Waals surface area contributed by atoms with Crippen molar-refractivity contribution in [1.82, 2.24) is 0 Å². The summed E-state index contributed by atoms with van der Waals surface area (Å²) in [4.78, 5) is 0. The van der Waals surface area contributed by atoms with Gasteiger partial charge in [0.25, 0.3) is 10.1 Å². The van der Waals surface area contributed by atoms with Crippen molar-refractivity contribution in [3.63, 3.8) is 0 Å². The first-order valence-electron chi connectivity index (χ1n) is 9.77. The van der Waals surface area contributed by atoms with Crippen LogP contribution in [0.5, 0.6) is 0 Å². The predicted molar refractivity (Wildman–Crippen MR) is 116 cm³/mol. The van der Waals surface area contributed by atoms with E-state index >= 15 is 0 Å². The number of benzene rings is 2. The summed E-state index contributed by atoms with van der Waals surface area (Å²) in [7, 11) is -5.61. The third-order valence-corrected chi connectivity index (χ3v) is 8.42. The van der Waals surface area contributed by atoms with Crippen LogP contribution >= 0.6 is 0 Å². The molecule has 0 aliphatic heterocycles. The van der Waals surface area contributed by atoms with Crippen LogP contribution in [0.15, 0.2) is 60.7 Å². The molecule has 6 heteroatoms. The Balaban J connectivity index is 2.02. The van der Waals surface area contributed by atoms with Crippen LogP contribution in [0.2, 0.25) is 0 Å². The van der Waals surface area contributed by atoms with Gasteiger partial charge in [-0.15, -0.1) is 0 Å². The van der Waals surface area contributed by atoms with Gasteiger partial charge in [-0.05, 0) is 35.1 Å². The second-order valence-electron chi connectivity index (χ2n) is 8.79. The van der Waals surface area contributed by atoms with E-state index in [1.807, 2.05) is 36.4 Å². The highest BCUT2D eigenvalue weighted by atomic mass is 32.2. The van der Waals surface area contributed by atoms with Crippen molar-refractivity contribution >= 4 is 29.5 Å². The van der Waals surface area contributed by atoms with E-state index in [1.54, 1.807) is 0 Å². The molecule has 0 heterocycles. The minimum absolute atomic E-state index is 0.264. The zero-order valence-corrected chi connectivity index (χ0v) is 19.1. The van der Waals surface area contributed by atoms with Gasteiger partial charge in [0.15, 0.2) is 0 Å². The van der Waals surface area contributed by atoms with Crippen LogP contribution in [0.3, 0.4) is 0 Å². The van der Waals surface area contributed by atoms with Gasteiger partial charge < -0.3 is 4.43 Å². The summed E-state index contributed by atoms with van der Waals surface area (Å²) in [5.41, 5.74) is -1.04. The number of hydrogen-bond donors (Lipinski definition) is 0. The zero-order valence-electron chi connectivity index (χ0n) is 17.1. The van der Waals surface area contributed by atoms with E-state index in [0.29, 0.717) is 12.8 Å². The maximum atomic E-state index is 12.0. The summed E-state index contributed by atoms with van der Waals surface area (Å²) in [6.07, 6.45) is 3.17.